The average Bonchev–Trinajstić information content (AvgIpc) is 2.60. The van der Waals surface area contributed by atoms with Gasteiger partial charge >= 0.3 is 0 Å². The second kappa shape index (κ2) is 3.79. The molecule has 1 N–H and O–H groups in total. The Morgan fingerprint density at radius 2 is 2.40 bits per heavy atom. The molecule has 1 aliphatic rings. The lowest BCUT2D eigenvalue weighted by Gasteiger charge is -2.23. The van der Waals surface area contributed by atoms with Gasteiger partial charge in [0.25, 0.3) is 0 Å². The Balaban J connectivity index is 2.36. The number of aliphatic hydroxyl groups is 1. The van der Waals surface area contributed by atoms with Crippen LogP contribution in [-0.2, 0) is 5.60 Å². The number of ether oxygens (including phenoxy) is 1. The molecule has 1 atom stereocenters. The Labute approximate surface area is 89.5 Å². The highest BCUT2D eigenvalue weighted by atomic mass is 16.5. The van der Waals surface area contributed by atoms with Crippen molar-refractivity contribution >= 4 is 0 Å². The second-order valence-corrected chi connectivity index (χ2v) is 4.07. The van der Waals surface area contributed by atoms with E-state index in [9.17, 15) is 5.11 Å². The van der Waals surface area contributed by atoms with Crippen LogP contribution < -0.4 is 4.74 Å². The van der Waals surface area contributed by atoms with Crippen molar-refractivity contribution in [3.8, 4) is 5.75 Å². The molecule has 0 aliphatic carbocycles. The van der Waals surface area contributed by atoms with Crippen LogP contribution >= 0.6 is 0 Å². The number of aromatic nitrogens is 1. The van der Waals surface area contributed by atoms with Crippen LogP contribution in [0.15, 0.2) is 18.3 Å². The summed E-state index contributed by atoms with van der Waals surface area (Å²) in [6.45, 7) is 1.50. The van der Waals surface area contributed by atoms with Gasteiger partial charge in [-0.2, -0.15) is 0 Å². The number of β-amino-alcohol motifs (C(OH)–C–C–N with tert-alkyl or cyclic N) is 1. The molecule has 0 saturated carbocycles. The highest BCUT2D eigenvalue weighted by molar-refractivity contribution is 5.32. The summed E-state index contributed by atoms with van der Waals surface area (Å²) in [6.07, 6.45) is 2.39. The minimum absolute atomic E-state index is 0.611. The van der Waals surface area contributed by atoms with Crippen LogP contribution in [0.5, 0.6) is 5.75 Å². The molecule has 2 heterocycles. The molecule has 1 fully saturated rings. The molecule has 0 radical (unpaired) electrons. The number of likely N-dealkylation sites (tertiary alicyclic amines) is 1. The van der Waals surface area contributed by atoms with Crippen LogP contribution in [0.3, 0.4) is 0 Å². The Hall–Kier alpha value is -1.13. The fourth-order valence-corrected chi connectivity index (χ4v) is 2.08. The van der Waals surface area contributed by atoms with Gasteiger partial charge in [0.2, 0.25) is 0 Å². The first-order valence-electron chi connectivity index (χ1n) is 5.06. The molecular formula is C11H16N2O2. The molecule has 82 valence electrons. The number of nitrogens with zero attached hydrogens (tertiary/aromatic N) is 2. The maximum atomic E-state index is 10.5. The number of hydrogen-bond donors (Lipinski definition) is 1. The predicted molar refractivity (Wildman–Crippen MR) is 56.8 cm³/mol. The smallest absolute Gasteiger partial charge is 0.143 e. The van der Waals surface area contributed by atoms with Crippen LogP contribution in [0.1, 0.15) is 12.1 Å². The van der Waals surface area contributed by atoms with E-state index in [1.54, 1.807) is 13.3 Å². The summed E-state index contributed by atoms with van der Waals surface area (Å²) in [4.78, 5) is 6.33. The van der Waals surface area contributed by atoms with Crippen LogP contribution in [-0.4, -0.2) is 42.2 Å². The maximum absolute atomic E-state index is 10.5. The SMILES string of the molecule is COc1cccnc1C1(O)CCN(C)C1. The number of pyridine rings is 1. The van der Waals surface area contributed by atoms with Crippen molar-refractivity contribution in [1.82, 2.24) is 9.88 Å². The summed E-state index contributed by atoms with van der Waals surface area (Å²) < 4.78 is 5.22. The van der Waals surface area contributed by atoms with E-state index in [0.29, 0.717) is 24.4 Å². The first-order valence-corrected chi connectivity index (χ1v) is 5.06. The summed E-state index contributed by atoms with van der Waals surface area (Å²) in [7, 11) is 3.59. The molecule has 4 heteroatoms. The number of methoxy groups -OCH3 is 1. The van der Waals surface area contributed by atoms with Crippen molar-refractivity contribution in [2.24, 2.45) is 0 Å². The Morgan fingerprint density at radius 3 is 3.00 bits per heavy atom. The van der Waals surface area contributed by atoms with E-state index in [4.69, 9.17) is 4.74 Å². The minimum Gasteiger partial charge on any atom is -0.495 e. The number of rotatable bonds is 2. The monoisotopic (exact) mass is 208 g/mol. The Kier molecular flexibility index (Phi) is 2.63. The molecule has 15 heavy (non-hydrogen) atoms. The van der Waals surface area contributed by atoms with E-state index in [1.807, 2.05) is 19.2 Å². The molecule has 0 amide bonds. The highest BCUT2D eigenvalue weighted by Crippen LogP contribution is 2.34. The van der Waals surface area contributed by atoms with Gasteiger partial charge in [-0.15, -0.1) is 0 Å². The van der Waals surface area contributed by atoms with Crippen molar-refractivity contribution in [2.75, 3.05) is 27.2 Å². The molecule has 1 saturated heterocycles. The summed E-state index contributed by atoms with van der Waals surface area (Å²) in [5, 5.41) is 10.5. The van der Waals surface area contributed by atoms with Crippen molar-refractivity contribution in [3.63, 3.8) is 0 Å². The lowest BCUT2D eigenvalue weighted by atomic mass is 9.97. The quantitative estimate of drug-likeness (QED) is 0.773. The summed E-state index contributed by atoms with van der Waals surface area (Å²) in [6, 6.07) is 3.64. The van der Waals surface area contributed by atoms with Crippen molar-refractivity contribution in [3.05, 3.63) is 24.0 Å². The number of hydrogen-bond acceptors (Lipinski definition) is 4. The fourth-order valence-electron chi connectivity index (χ4n) is 2.08. The molecule has 1 aromatic heterocycles. The number of likely N-dealkylation sites (N-methyl/N-ethyl adjacent to an activating group) is 1. The van der Waals surface area contributed by atoms with Crippen molar-refractivity contribution in [2.45, 2.75) is 12.0 Å². The largest absolute Gasteiger partial charge is 0.495 e. The van der Waals surface area contributed by atoms with Gasteiger partial charge < -0.3 is 14.7 Å². The molecule has 0 bridgehead atoms. The van der Waals surface area contributed by atoms with E-state index in [2.05, 4.69) is 9.88 Å². The normalized spacial score (nSPS) is 26.9. The van der Waals surface area contributed by atoms with Gasteiger partial charge in [-0.05, 0) is 25.6 Å². The molecule has 4 nitrogen and oxygen atoms in total. The zero-order valence-corrected chi connectivity index (χ0v) is 9.10. The molecular weight excluding hydrogens is 192 g/mol. The van der Waals surface area contributed by atoms with Gasteiger partial charge in [0.1, 0.15) is 17.0 Å². The van der Waals surface area contributed by atoms with Crippen molar-refractivity contribution in [1.29, 1.82) is 0 Å². The van der Waals surface area contributed by atoms with E-state index in [1.165, 1.54) is 0 Å². The van der Waals surface area contributed by atoms with Crippen LogP contribution in [0.4, 0.5) is 0 Å². The first kappa shape index (κ1) is 10.4. The van der Waals surface area contributed by atoms with Gasteiger partial charge in [-0.3, -0.25) is 4.98 Å². The third-order valence-electron chi connectivity index (χ3n) is 2.87. The predicted octanol–water partition coefficient (Wildman–Crippen LogP) is 0.613. The molecule has 1 aromatic rings. The average molecular weight is 208 g/mol. The van der Waals surface area contributed by atoms with Gasteiger partial charge in [-0.25, -0.2) is 0 Å². The van der Waals surface area contributed by atoms with Crippen LogP contribution in [0.25, 0.3) is 0 Å². The standard InChI is InChI=1S/C11H16N2O2/c1-13-7-5-11(14,8-13)10-9(15-2)4-3-6-12-10/h3-4,6,14H,5,7-8H2,1-2H3. The zero-order valence-electron chi connectivity index (χ0n) is 9.10. The summed E-state index contributed by atoms with van der Waals surface area (Å²) >= 11 is 0. The van der Waals surface area contributed by atoms with E-state index < -0.39 is 5.60 Å². The van der Waals surface area contributed by atoms with Gasteiger partial charge in [0.15, 0.2) is 0 Å². The third kappa shape index (κ3) is 1.82. The van der Waals surface area contributed by atoms with Gasteiger partial charge in [-0.1, -0.05) is 0 Å². The maximum Gasteiger partial charge on any atom is 0.143 e. The first-order chi connectivity index (χ1) is 7.15. The lowest BCUT2D eigenvalue weighted by Crippen LogP contribution is -2.30. The third-order valence-corrected chi connectivity index (χ3v) is 2.87. The van der Waals surface area contributed by atoms with Gasteiger partial charge in [0, 0.05) is 19.3 Å². The molecule has 0 aromatic carbocycles. The fraction of sp³-hybridized carbons (Fsp3) is 0.545. The Morgan fingerprint density at radius 1 is 1.60 bits per heavy atom. The summed E-state index contributed by atoms with van der Waals surface area (Å²) in [5.74, 6) is 0.662. The zero-order chi connectivity index (χ0) is 10.9. The topological polar surface area (TPSA) is 45.6 Å². The second-order valence-electron chi connectivity index (χ2n) is 4.07. The van der Waals surface area contributed by atoms with Gasteiger partial charge in [0.05, 0.1) is 7.11 Å². The highest BCUT2D eigenvalue weighted by Gasteiger charge is 2.39. The van der Waals surface area contributed by atoms with Crippen LogP contribution in [0, 0.1) is 0 Å². The summed E-state index contributed by atoms with van der Waals surface area (Å²) in [5.41, 5.74) is -0.210. The van der Waals surface area contributed by atoms with E-state index in [0.717, 1.165) is 6.54 Å². The molecule has 2 rings (SSSR count). The lowest BCUT2D eigenvalue weighted by molar-refractivity contribution is 0.0418. The van der Waals surface area contributed by atoms with E-state index in [-0.39, 0.29) is 0 Å². The Bertz CT molecular complexity index is 356. The van der Waals surface area contributed by atoms with E-state index >= 15 is 0 Å². The van der Waals surface area contributed by atoms with Crippen LogP contribution in [0.2, 0.25) is 0 Å². The molecule has 1 aliphatic heterocycles. The minimum atomic E-state index is -0.860. The molecule has 1 unspecified atom stereocenters. The molecule has 0 spiro atoms. The van der Waals surface area contributed by atoms with Crippen molar-refractivity contribution < 1.29 is 9.84 Å².